The van der Waals surface area contributed by atoms with E-state index in [0.717, 1.165) is 29.2 Å². The van der Waals surface area contributed by atoms with E-state index in [-0.39, 0.29) is 5.97 Å². The minimum atomic E-state index is -0.330. The second kappa shape index (κ2) is 7.86. The molecule has 0 N–H and O–H groups in total. The van der Waals surface area contributed by atoms with Crippen molar-refractivity contribution in [2.24, 2.45) is 5.92 Å². The molecular weight excluding hydrogens is 380 g/mol. The molecule has 140 valence electrons. The van der Waals surface area contributed by atoms with Gasteiger partial charge >= 0.3 is 5.97 Å². The highest BCUT2D eigenvalue weighted by Gasteiger charge is 2.21. The number of methoxy groups -OCH3 is 1. The Kier molecular flexibility index (Phi) is 5.31. The van der Waals surface area contributed by atoms with Gasteiger partial charge in [0.1, 0.15) is 0 Å². The second-order valence-electron chi connectivity index (χ2n) is 6.76. The lowest BCUT2D eigenvalue weighted by Crippen LogP contribution is -2.07. The number of carbonyl (C=O) groups is 1. The number of thiophene rings is 1. The van der Waals surface area contributed by atoms with E-state index >= 15 is 0 Å². The molecule has 5 nitrogen and oxygen atoms in total. The van der Waals surface area contributed by atoms with Gasteiger partial charge in [-0.05, 0) is 54.5 Å². The van der Waals surface area contributed by atoms with Crippen LogP contribution >= 0.6 is 23.1 Å². The highest BCUT2D eigenvalue weighted by Crippen LogP contribution is 2.37. The first kappa shape index (κ1) is 18.3. The average Bonchev–Trinajstić information content (AvgIpc) is 3.32. The molecule has 0 amide bonds. The fourth-order valence-electron chi connectivity index (χ4n) is 3.18. The van der Waals surface area contributed by atoms with Crippen LogP contribution in [0.2, 0.25) is 0 Å². The molecule has 1 aromatic carbocycles. The van der Waals surface area contributed by atoms with Crippen LogP contribution in [0.3, 0.4) is 0 Å². The Labute approximate surface area is 166 Å². The van der Waals surface area contributed by atoms with E-state index in [1.807, 2.05) is 12.1 Å². The summed E-state index contributed by atoms with van der Waals surface area (Å²) in [4.78, 5) is 14.0. The standard InChI is InChI=1S/C20H20N2O3S2/c1-12-3-8-16-15(9-12)10-17(27-16)18-21-22-20(25-18)26-11-13-4-6-14(7-5-13)19(23)24-2/h4-7,10,12H,3,8-9,11H2,1-2H3/t12-/m1/s1. The summed E-state index contributed by atoms with van der Waals surface area (Å²) in [5.74, 6) is 1.72. The predicted octanol–water partition coefficient (Wildman–Crippen LogP) is 5.00. The van der Waals surface area contributed by atoms with Crippen molar-refractivity contribution in [3.8, 4) is 10.8 Å². The normalized spacial score (nSPS) is 16.1. The molecule has 0 saturated carbocycles. The molecule has 3 aromatic rings. The van der Waals surface area contributed by atoms with Crippen molar-refractivity contribution in [2.75, 3.05) is 7.11 Å². The van der Waals surface area contributed by atoms with Crippen molar-refractivity contribution in [1.29, 1.82) is 0 Å². The Morgan fingerprint density at radius 3 is 2.93 bits per heavy atom. The summed E-state index contributed by atoms with van der Waals surface area (Å²) in [6.07, 6.45) is 3.55. The lowest BCUT2D eigenvalue weighted by Gasteiger charge is -2.16. The van der Waals surface area contributed by atoms with Gasteiger partial charge in [-0.1, -0.05) is 30.8 Å². The fourth-order valence-corrected chi connectivity index (χ4v) is 5.03. The first-order chi connectivity index (χ1) is 13.1. The summed E-state index contributed by atoms with van der Waals surface area (Å²) >= 11 is 3.27. The molecule has 0 radical (unpaired) electrons. The van der Waals surface area contributed by atoms with Crippen LogP contribution in [-0.2, 0) is 23.3 Å². The molecule has 27 heavy (non-hydrogen) atoms. The average molecular weight is 401 g/mol. The molecule has 0 unspecified atom stereocenters. The van der Waals surface area contributed by atoms with E-state index in [1.54, 1.807) is 23.5 Å². The van der Waals surface area contributed by atoms with Gasteiger partial charge in [-0.2, -0.15) is 0 Å². The number of thioether (sulfide) groups is 1. The number of carbonyl (C=O) groups excluding carboxylic acids is 1. The zero-order valence-corrected chi connectivity index (χ0v) is 16.9. The molecule has 1 atom stereocenters. The van der Waals surface area contributed by atoms with Crippen LogP contribution in [0.25, 0.3) is 10.8 Å². The fraction of sp³-hybridized carbons (Fsp3) is 0.350. The van der Waals surface area contributed by atoms with E-state index in [4.69, 9.17) is 9.15 Å². The number of esters is 1. The molecule has 1 aliphatic carbocycles. The third-order valence-corrected chi connectivity index (χ3v) is 6.80. The number of hydrogen-bond donors (Lipinski definition) is 0. The van der Waals surface area contributed by atoms with Crippen LogP contribution in [0.4, 0.5) is 0 Å². The number of aromatic nitrogens is 2. The summed E-state index contributed by atoms with van der Waals surface area (Å²) in [5, 5.41) is 8.95. The van der Waals surface area contributed by atoms with Gasteiger partial charge in [-0.3, -0.25) is 0 Å². The van der Waals surface area contributed by atoms with Crippen LogP contribution in [0.5, 0.6) is 0 Å². The number of fused-ring (bicyclic) bond motifs is 1. The van der Waals surface area contributed by atoms with Gasteiger partial charge in [0.15, 0.2) is 0 Å². The van der Waals surface area contributed by atoms with E-state index in [1.165, 1.54) is 35.7 Å². The molecule has 0 bridgehead atoms. The monoisotopic (exact) mass is 400 g/mol. The molecule has 0 spiro atoms. The molecule has 2 aromatic heterocycles. The minimum absolute atomic E-state index is 0.330. The number of nitrogens with zero attached hydrogens (tertiary/aromatic N) is 2. The summed E-state index contributed by atoms with van der Waals surface area (Å²) in [7, 11) is 1.38. The van der Waals surface area contributed by atoms with Crippen LogP contribution in [0.1, 0.15) is 39.7 Å². The van der Waals surface area contributed by atoms with Crippen molar-refractivity contribution in [3.05, 3.63) is 51.9 Å². The Hall–Kier alpha value is -2.12. The van der Waals surface area contributed by atoms with Gasteiger partial charge < -0.3 is 9.15 Å². The van der Waals surface area contributed by atoms with Crippen molar-refractivity contribution < 1.29 is 13.9 Å². The van der Waals surface area contributed by atoms with Crippen LogP contribution in [0.15, 0.2) is 40.0 Å². The third kappa shape index (κ3) is 4.09. The van der Waals surface area contributed by atoms with E-state index in [0.29, 0.717) is 22.4 Å². The maximum Gasteiger partial charge on any atom is 0.337 e. The number of aryl methyl sites for hydroxylation is 1. The van der Waals surface area contributed by atoms with Crippen molar-refractivity contribution >= 4 is 29.1 Å². The quantitative estimate of drug-likeness (QED) is 0.443. The number of ether oxygens (including phenoxy) is 1. The van der Waals surface area contributed by atoms with Gasteiger partial charge in [0, 0.05) is 10.6 Å². The Bertz CT molecular complexity index is 947. The van der Waals surface area contributed by atoms with Gasteiger partial charge in [0.2, 0.25) is 0 Å². The smallest absolute Gasteiger partial charge is 0.337 e. The van der Waals surface area contributed by atoms with Gasteiger partial charge in [-0.25, -0.2) is 4.79 Å². The molecule has 1 aliphatic rings. The molecule has 2 heterocycles. The molecule has 7 heteroatoms. The zero-order valence-electron chi connectivity index (χ0n) is 15.2. The van der Waals surface area contributed by atoms with Crippen LogP contribution in [0, 0.1) is 5.92 Å². The van der Waals surface area contributed by atoms with E-state index in [9.17, 15) is 4.79 Å². The van der Waals surface area contributed by atoms with Gasteiger partial charge in [-0.15, -0.1) is 21.5 Å². The van der Waals surface area contributed by atoms with Crippen molar-refractivity contribution in [3.63, 3.8) is 0 Å². The Morgan fingerprint density at radius 1 is 1.33 bits per heavy atom. The Morgan fingerprint density at radius 2 is 2.15 bits per heavy atom. The van der Waals surface area contributed by atoms with Crippen molar-refractivity contribution in [1.82, 2.24) is 10.2 Å². The summed E-state index contributed by atoms with van der Waals surface area (Å²) < 4.78 is 10.6. The van der Waals surface area contributed by atoms with Crippen LogP contribution < -0.4 is 0 Å². The molecule has 0 aliphatic heterocycles. The van der Waals surface area contributed by atoms with Crippen LogP contribution in [-0.4, -0.2) is 23.3 Å². The SMILES string of the molecule is COC(=O)c1ccc(CSc2nnc(-c3cc4c(s3)CC[C@@H](C)C4)o2)cc1. The van der Waals surface area contributed by atoms with Gasteiger partial charge in [0.05, 0.1) is 17.6 Å². The lowest BCUT2D eigenvalue weighted by atomic mass is 9.90. The predicted molar refractivity (Wildman–Crippen MR) is 106 cm³/mol. The maximum absolute atomic E-state index is 11.5. The summed E-state index contributed by atoms with van der Waals surface area (Å²) in [6, 6.07) is 9.55. The Balaban J connectivity index is 1.41. The first-order valence-electron chi connectivity index (χ1n) is 8.88. The highest BCUT2D eigenvalue weighted by atomic mass is 32.2. The molecule has 4 rings (SSSR count). The second-order valence-corrected chi connectivity index (χ2v) is 8.82. The minimum Gasteiger partial charge on any atom is -0.465 e. The number of rotatable bonds is 5. The zero-order chi connectivity index (χ0) is 18.8. The summed E-state index contributed by atoms with van der Waals surface area (Å²) in [5.41, 5.74) is 3.06. The highest BCUT2D eigenvalue weighted by molar-refractivity contribution is 7.98. The van der Waals surface area contributed by atoms with E-state index < -0.39 is 0 Å². The van der Waals surface area contributed by atoms with Gasteiger partial charge in [0.25, 0.3) is 11.1 Å². The molecule has 0 fully saturated rings. The largest absolute Gasteiger partial charge is 0.465 e. The van der Waals surface area contributed by atoms with E-state index in [2.05, 4.69) is 23.2 Å². The maximum atomic E-state index is 11.5. The first-order valence-corrected chi connectivity index (χ1v) is 10.7. The third-order valence-electron chi connectivity index (χ3n) is 4.68. The summed E-state index contributed by atoms with van der Waals surface area (Å²) in [6.45, 7) is 2.30. The number of hydrogen-bond acceptors (Lipinski definition) is 7. The van der Waals surface area contributed by atoms with Crippen molar-refractivity contribution in [2.45, 2.75) is 37.2 Å². The lowest BCUT2D eigenvalue weighted by molar-refractivity contribution is 0.0600. The number of benzene rings is 1. The molecular formula is C20H20N2O3S2. The topological polar surface area (TPSA) is 65.2 Å². The molecule has 0 saturated heterocycles.